The minimum atomic E-state index is 0.653. The van der Waals surface area contributed by atoms with Gasteiger partial charge in [-0.25, -0.2) is 0 Å². The van der Waals surface area contributed by atoms with Gasteiger partial charge in [0, 0.05) is 45.8 Å². The van der Waals surface area contributed by atoms with Crippen molar-refractivity contribution in [3.05, 3.63) is 0 Å². The maximum Gasteiger partial charge on any atom is 0.193 e. The predicted molar refractivity (Wildman–Crippen MR) is 92.4 cm³/mol. The first-order chi connectivity index (χ1) is 10.7. The Labute approximate surface area is 136 Å². The molecular weight excluding hydrogens is 276 g/mol. The lowest BCUT2D eigenvalue weighted by Gasteiger charge is -2.25. The number of hydrogen-bond donors (Lipinski definition) is 1. The zero-order valence-electron chi connectivity index (χ0n) is 14.7. The lowest BCUT2D eigenvalue weighted by Crippen LogP contribution is -2.41. The van der Waals surface area contributed by atoms with E-state index >= 15 is 0 Å². The van der Waals surface area contributed by atoms with Gasteiger partial charge in [-0.1, -0.05) is 6.92 Å². The summed E-state index contributed by atoms with van der Waals surface area (Å²) < 4.78 is 5.48. The van der Waals surface area contributed by atoms with Crippen LogP contribution in [0.25, 0.3) is 0 Å². The molecule has 2 rings (SSSR count). The summed E-state index contributed by atoms with van der Waals surface area (Å²) in [6.45, 7) is 12.8. The Hall–Kier alpha value is -0.810. The number of guanidine groups is 1. The van der Waals surface area contributed by atoms with Gasteiger partial charge in [-0.15, -0.1) is 0 Å². The third kappa shape index (κ3) is 5.43. The second-order valence-corrected chi connectivity index (χ2v) is 6.76. The van der Waals surface area contributed by atoms with Crippen LogP contribution in [0.3, 0.4) is 0 Å². The largest absolute Gasteiger partial charge is 0.381 e. The highest BCUT2D eigenvalue weighted by atomic mass is 16.5. The highest BCUT2D eigenvalue weighted by Crippen LogP contribution is 2.17. The molecule has 0 aliphatic carbocycles. The van der Waals surface area contributed by atoms with Crippen LogP contribution in [0.15, 0.2) is 4.99 Å². The van der Waals surface area contributed by atoms with E-state index < -0.39 is 0 Å². The van der Waals surface area contributed by atoms with Crippen molar-refractivity contribution in [3.8, 4) is 0 Å². The van der Waals surface area contributed by atoms with Crippen molar-refractivity contribution >= 4 is 5.96 Å². The quantitative estimate of drug-likeness (QED) is 0.573. The van der Waals surface area contributed by atoms with Crippen LogP contribution in [-0.4, -0.2) is 75.3 Å². The average Bonchev–Trinajstić information content (AvgIpc) is 3.15. The number of hydrogen-bond acceptors (Lipinski definition) is 3. The monoisotopic (exact) mass is 310 g/mol. The Balaban J connectivity index is 1.81. The summed E-state index contributed by atoms with van der Waals surface area (Å²) in [4.78, 5) is 9.75. The van der Waals surface area contributed by atoms with Crippen LogP contribution in [0.5, 0.6) is 0 Å². The molecule has 0 spiro atoms. The minimum Gasteiger partial charge on any atom is -0.381 e. The van der Waals surface area contributed by atoms with Crippen molar-refractivity contribution < 1.29 is 4.74 Å². The number of nitrogens with one attached hydrogen (secondary N) is 1. The molecule has 0 radical (unpaired) electrons. The van der Waals surface area contributed by atoms with Crippen LogP contribution in [-0.2, 0) is 4.74 Å². The maximum absolute atomic E-state index is 5.48. The molecule has 0 bridgehead atoms. The van der Waals surface area contributed by atoms with Crippen molar-refractivity contribution in [1.29, 1.82) is 0 Å². The van der Waals surface area contributed by atoms with Crippen molar-refractivity contribution in [2.24, 2.45) is 16.8 Å². The van der Waals surface area contributed by atoms with E-state index in [9.17, 15) is 0 Å². The van der Waals surface area contributed by atoms with Crippen LogP contribution < -0.4 is 5.32 Å². The van der Waals surface area contributed by atoms with Gasteiger partial charge >= 0.3 is 0 Å². The number of aliphatic imine (C=N–C) groups is 1. The van der Waals surface area contributed by atoms with E-state index in [-0.39, 0.29) is 0 Å². The molecular formula is C17H34N4O. The van der Waals surface area contributed by atoms with Crippen LogP contribution in [0, 0.1) is 11.8 Å². The molecule has 2 heterocycles. The summed E-state index contributed by atoms with van der Waals surface area (Å²) in [5.41, 5.74) is 0. The Bertz CT molecular complexity index is 342. The summed E-state index contributed by atoms with van der Waals surface area (Å²) >= 11 is 0. The number of ether oxygens (including phenoxy) is 1. The third-order valence-corrected chi connectivity index (χ3v) is 4.66. The summed E-state index contributed by atoms with van der Waals surface area (Å²) in [6.07, 6.45) is 3.73. The van der Waals surface area contributed by atoms with Gasteiger partial charge in [0.05, 0.1) is 6.61 Å². The van der Waals surface area contributed by atoms with Gasteiger partial charge in [-0.05, 0) is 45.2 Å². The van der Waals surface area contributed by atoms with Crippen molar-refractivity contribution in [1.82, 2.24) is 15.1 Å². The SMILES string of the molecule is CCCN1CCC(CN=C(NCC)N(C)CC2CCOC2)C1. The Morgan fingerprint density at radius 3 is 2.86 bits per heavy atom. The van der Waals surface area contributed by atoms with Crippen LogP contribution >= 0.6 is 0 Å². The lowest BCUT2D eigenvalue weighted by molar-refractivity contribution is 0.181. The zero-order chi connectivity index (χ0) is 15.8. The minimum absolute atomic E-state index is 0.653. The molecule has 128 valence electrons. The molecule has 0 amide bonds. The fourth-order valence-corrected chi connectivity index (χ4v) is 3.47. The van der Waals surface area contributed by atoms with E-state index in [4.69, 9.17) is 9.73 Å². The molecule has 5 nitrogen and oxygen atoms in total. The molecule has 2 unspecified atom stereocenters. The summed E-state index contributed by atoms with van der Waals surface area (Å²) in [5, 5.41) is 3.44. The highest BCUT2D eigenvalue weighted by Gasteiger charge is 2.22. The van der Waals surface area contributed by atoms with Crippen molar-refractivity contribution in [3.63, 3.8) is 0 Å². The standard InChI is InChI=1S/C17H34N4O/c1-4-8-21-9-6-15(13-21)11-19-17(18-5-2)20(3)12-16-7-10-22-14-16/h15-16H,4-14H2,1-3H3,(H,18,19). The average molecular weight is 310 g/mol. The molecule has 2 atom stereocenters. The summed E-state index contributed by atoms with van der Waals surface area (Å²) in [6, 6.07) is 0. The molecule has 0 aromatic rings. The molecule has 0 aromatic heterocycles. The molecule has 2 saturated heterocycles. The van der Waals surface area contributed by atoms with E-state index in [0.29, 0.717) is 5.92 Å². The molecule has 1 N–H and O–H groups in total. The molecule has 22 heavy (non-hydrogen) atoms. The first-order valence-electron chi connectivity index (χ1n) is 9.02. The smallest absolute Gasteiger partial charge is 0.193 e. The molecule has 0 aromatic carbocycles. The van der Waals surface area contributed by atoms with Crippen LogP contribution in [0.4, 0.5) is 0 Å². The normalized spacial score (nSPS) is 26.6. The fraction of sp³-hybridized carbons (Fsp3) is 0.941. The van der Waals surface area contributed by atoms with Gasteiger partial charge in [0.15, 0.2) is 5.96 Å². The zero-order valence-corrected chi connectivity index (χ0v) is 14.7. The lowest BCUT2D eigenvalue weighted by atomic mass is 10.1. The third-order valence-electron chi connectivity index (χ3n) is 4.66. The Morgan fingerprint density at radius 1 is 1.32 bits per heavy atom. The molecule has 0 saturated carbocycles. The molecule has 5 heteroatoms. The molecule has 2 aliphatic rings. The van der Waals surface area contributed by atoms with E-state index in [0.717, 1.165) is 44.7 Å². The van der Waals surface area contributed by atoms with Crippen molar-refractivity contribution in [2.45, 2.75) is 33.1 Å². The van der Waals surface area contributed by atoms with Gasteiger partial charge in [-0.3, -0.25) is 4.99 Å². The topological polar surface area (TPSA) is 40.1 Å². The van der Waals surface area contributed by atoms with Gasteiger partial charge in [-0.2, -0.15) is 0 Å². The second kappa shape index (κ2) is 9.36. The van der Waals surface area contributed by atoms with Crippen LogP contribution in [0.2, 0.25) is 0 Å². The fourth-order valence-electron chi connectivity index (χ4n) is 3.47. The molecule has 2 aliphatic heterocycles. The first-order valence-corrected chi connectivity index (χ1v) is 9.02. The Morgan fingerprint density at radius 2 is 2.18 bits per heavy atom. The van der Waals surface area contributed by atoms with Gasteiger partial charge < -0.3 is 19.9 Å². The highest BCUT2D eigenvalue weighted by molar-refractivity contribution is 5.79. The van der Waals surface area contributed by atoms with E-state index in [2.05, 4.69) is 36.0 Å². The predicted octanol–water partition coefficient (Wildman–Crippen LogP) is 1.65. The van der Waals surface area contributed by atoms with Gasteiger partial charge in [0.25, 0.3) is 0 Å². The first kappa shape index (κ1) is 17.5. The van der Waals surface area contributed by atoms with Crippen LogP contribution in [0.1, 0.15) is 33.1 Å². The van der Waals surface area contributed by atoms with Crippen molar-refractivity contribution in [2.75, 3.05) is 59.5 Å². The molecule has 2 fully saturated rings. The number of rotatable bonds is 7. The second-order valence-electron chi connectivity index (χ2n) is 6.76. The summed E-state index contributed by atoms with van der Waals surface area (Å²) in [7, 11) is 2.15. The number of nitrogens with zero attached hydrogens (tertiary/aromatic N) is 3. The Kier molecular flexibility index (Phi) is 7.46. The van der Waals surface area contributed by atoms with E-state index in [1.54, 1.807) is 0 Å². The summed E-state index contributed by atoms with van der Waals surface area (Å²) in [5.74, 6) is 2.44. The van der Waals surface area contributed by atoms with Gasteiger partial charge in [0.1, 0.15) is 0 Å². The van der Waals surface area contributed by atoms with E-state index in [1.165, 1.54) is 38.9 Å². The number of likely N-dealkylation sites (tertiary alicyclic amines) is 1. The van der Waals surface area contributed by atoms with Gasteiger partial charge in [0.2, 0.25) is 0 Å². The van der Waals surface area contributed by atoms with E-state index in [1.807, 2.05) is 0 Å². The maximum atomic E-state index is 5.48.